The van der Waals surface area contributed by atoms with Crippen LogP contribution in [-0.2, 0) is 9.53 Å². The summed E-state index contributed by atoms with van der Waals surface area (Å²) in [4.78, 5) is 13.2. The molecule has 1 heterocycles. The minimum Gasteiger partial charge on any atom is -0.378 e. The molecule has 144 valence electrons. The number of ether oxygens (including phenoxy) is 1. The number of nitrogens with one attached hydrogen (secondary N) is 1. The highest BCUT2D eigenvalue weighted by atomic mass is 32.2. The van der Waals surface area contributed by atoms with E-state index in [1.54, 1.807) is 24.1 Å². The molecule has 0 spiro atoms. The van der Waals surface area contributed by atoms with Gasteiger partial charge in [0.15, 0.2) is 0 Å². The summed E-state index contributed by atoms with van der Waals surface area (Å²) < 4.78 is 20.7. The average molecular weight is 373 g/mol. The first-order chi connectivity index (χ1) is 11.9. The van der Waals surface area contributed by atoms with Gasteiger partial charge in [0.2, 0.25) is 5.91 Å². The van der Waals surface area contributed by atoms with Gasteiger partial charge in [0.05, 0.1) is 13.2 Å². The topological polar surface area (TPSA) is 41.6 Å². The second-order valence-electron chi connectivity index (χ2n) is 5.87. The van der Waals surface area contributed by atoms with Gasteiger partial charge in [0.25, 0.3) is 0 Å². The van der Waals surface area contributed by atoms with E-state index >= 15 is 0 Å². The van der Waals surface area contributed by atoms with Crippen molar-refractivity contribution in [1.29, 1.82) is 0 Å². The molecule has 2 rings (SSSR count). The zero-order valence-corrected chi connectivity index (χ0v) is 17.2. The van der Waals surface area contributed by atoms with Crippen LogP contribution in [0.3, 0.4) is 0 Å². The van der Waals surface area contributed by atoms with Crippen molar-refractivity contribution in [3.63, 3.8) is 0 Å². The summed E-state index contributed by atoms with van der Waals surface area (Å²) in [6.07, 6.45) is 0. The monoisotopic (exact) mass is 372 g/mol. The van der Waals surface area contributed by atoms with E-state index in [1.807, 2.05) is 32.6 Å². The average Bonchev–Trinajstić information content (AvgIpc) is 2.63. The number of hydrogen-bond donors (Lipinski definition) is 1. The molecule has 0 unspecified atom stereocenters. The van der Waals surface area contributed by atoms with Crippen molar-refractivity contribution in [3.8, 4) is 0 Å². The van der Waals surface area contributed by atoms with E-state index in [9.17, 15) is 9.18 Å². The number of morpholine rings is 1. The smallest absolute Gasteiger partial charge is 0.225 e. The van der Waals surface area contributed by atoms with Crippen LogP contribution in [0, 0.1) is 11.7 Å². The first-order valence-electron chi connectivity index (χ1n) is 8.94. The van der Waals surface area contributed by atoms with Gasteiger partial charge in [-0.2, -0.15) is 0 Å². The molecule has 0 atom stereocenters. The maximum Gasteiger partial charge on any atom is 0.225 e. The normalized spacial score (nSPS) is 13.6. The minimum absolute atomic E-state index is 0.119. The SMILES string of the molecule is CC.CC(C)C(=O)N1CCOCC1.CC(C)SNc1ccc(F)cc1. The lowest BCUT2D eigenvalue weighted by Crippen LogP contribution is -2.42. The summed E-state index contributed by atoms with van der Waals surface area (Å²) in [5.41, 5.74) is 0.940. The first-order valence-corrected chi connectivity index (χ1v) is 9.82. The predicted molar refractivity (Wildman–Crippen MR) is 106 cm³/mol. The lowest BCUT2D eigenvalue weighted by Gasteiger charge is -2.28. The Morgan fingerprint density at radius 2 is 1.64 bits per heavy atom. The molecule has 0 aliphatic carbocycles. The van der Waals surface area contributed by atoms with Crippen LogP contribution in [0.4, 0.5) is 10.1 Å². The maximum absolute atomic E-state index is 12.5. The predicted octanol–water partition coefficient (Wildman–Crippen LogP) is 4.82. The fourth-order valence-corrected chi connectivity index (χ4v) is 2.36. The van der Waals surface area contributed by atoms with E-state index in [0.29, 0.717) is 18.5 Å². The largest absolute Gasteiger partial charge is 0.378 e. The Balaban J connectivity index is 0.000000421. The highest BCUT2D eigenvalue weighted by molar-refractivity contribution is 8.01. The van der Waals surface area contributed by atoms with Crippen molar-refractivity contribution in [1.82, 2.24) is 4.90 Å². The summed E-state index contributed by atoms with van der Waals surface area (Å²) in [5.74, 6) is 0.163. The van der Waals surface area contributed by atoms with Crippen LogP contribution in [0.2, 0.25) is 0 Å². The van der Waals surface area contributed by atoms with Gasteiger partial charge in [0.1, 0.15) is 5.82 Å². The number of hydrogen-bond acceptors (Lipinski definition) is 4. The molecule has 0 bridgehead atoms. The molecular weight excluding hydrogens is 339 g/mol. The quantitative estimate of drug-likeness (QED) is 0.769. The number of anilines is 1. The molecule has 4 nitrogen and oxygen atoms in total. The van der Waals surface area contributed by atoms with E-state index in [-0.39, 0.29) is 17.6 Å². The molecule has 1 amide bonds. The molecule has 25 heavy (non-hydrogen) atoms. The molecule has 0 radical (unpaired) electrons. The Morgan fingerprint density at radius 3 is 2.08 bits per heavy atom. The van der Waals surface area contributed by atoms with E-state index in [1.165, 1.54) is 12.1 Å². The number of rotatable bonds is 4. The Morgan fingerprint density at radius 1 is 1.12 bits per heavy atom. The Hall–Kier alpha value is -1.27. The minimum atomic E-state index is -0.199. The lowest BCUT2D eigenvalue weighted by molar-refractivity contribution is -0.138. The van der Waals surface area contributed by atoms with Gasteiger partial charge in [-0.05, 0) is 36.2 Å². The number of benzene rings is 1. The third-order valence-electron chi connectivity index (χ3n) is 3.07. The van der Waals surface area contributed by atoms with Gasteiger partial charge in [-0.3, -0.25) is 4.79 Å². The van der Waals surface area contributed by atoms with E-state index in [0.717, 1.165) is 18.8 Å². The van der Waals surface area contributed by atoms with Gasteiger partial charge < -0.3 is 14.4 Å². The number of nitrogens with zero attached hydrogens (tertiary/aromatic N) is 1. The first kappa shape index (κ1) is 23.7. The second kappa shape index (κ2) is 14.0. The zero-order valence-electron chi connectivity index (χ0n) is 16.3. The Labute approximate surface area is 156 Å². The standard InChI is InChI=1S/C9H12FNS.C8H15NO2.C2H6/c1-7(2)12-11-9-5-3-8(10)4-6-9;1-7(2)8(10)9-3-5-11-6-4-9;1-2/h3-7,11H,1-2H3;7H,3-6H2,1-2H3;1-2H3. The van der Waals surface area contributed by atoms with Crippen molar-refractivity contribution in [3.05, 3.63) is 30.1 Å². The van der Waals surface area contributed by atoms with Gasteiger partial charge in [-0.15, -0.1) is 0 Å². The molecule has 0 aromatic heterocycles. The van der Waals surface area contributed by atoms with Crippen LogP contribution in [0.1, 0.15) is 41.5 Å². The van der Waals surface area contributed by atoms with E-state index in [2.05, 4.69) is 18.6 Å². The highest BCUT2D eigenvalue weighted by Crippen LogP contribution is 2.16. The van der Waals surface area contributed by atoms with Crippen molar-refractivity contribution in [2.75, 3.05) is 31.0 Å². The van der Waals surface area contributed by atoms with Crippen LogP contribution in [0.25, 0.3) is 0 Å². The fourth-order valence-electron chi connectivity index (χ4n) is 1.85. The summed E-state index contributed by atoms with van der Waals surface area (Å²) in [6, 6.07) is 6.35. The molecule has 1 fully saturated rings. The third kappa shape index (κ3) is 11.1. The second-order valence-corrected chi connectivity index (χ2v) is 7.25. The van der Waals surface area contributed by atoms with Gasteiger partial charge in [-0.25, -0.2) is 4.39 Å². The van der Waals surface area contributed by atoms with E-state index < -0.39 is 0 Å². The molecule has 1 N–H and O–H groups in total. The highest BCUT2D eigenvalue weighted by Gasteiger charge is 2.18. The molecule has 6 heteroatoms. The van der Waals surface area contributed by atoms with Crippen molar-refractivity contribution >= 4 is 23.5 Å². The van der Waals surface area contributed by atoms with Crippen molar-refractivity contribution in [2.45, 2.75) is 46.8 Å². The molecule has 0 saturated carbocycles. The number of carbonyl (C=O) groups is 1. The van der Waals surface area contributed by atoms with E-state index in [4.69, 9.17) is 4.74 Å². The summed E-state index contributed by atoms with van der Waals surface area (Å²) in [6.45, 7) is 15.0. The van der Waals surface area contributed by atoms with Crippen LogP contribution >= 0.6 is 11.9 Å². The number of halogens is 1. The van der Waals surface area contributed by atoms with Gasteiger partial charge in [-0.1, -0.05) is 41.5 Å². The van der Waals surface area contributed by atoms with Gasteiger partial charge in [0, 0.05) is 29.9 Å². The Bertz CT molecular complexity index is 461. The molecule has 1 aromatic carbocycles. The van der Waals surface area contributed by atoms with Crippen LogP contribution in [0.5, 0.6) is 0 Å². The third-order valence-corrected chi connectivity index (χ3v) is 3.90. The summed E-state index contributed by atoms with van der Waals surface area (Å²) in [7, 11) is 0. The zero-order chi connectivity index (χ0) is 19.2. The summed E-state index contributed by atoms with van der Waals surface area (Å²) in [5, 5.41) is 0.523. The van der Waals surface area contributed by atoms with Crippen LogP contribution in [0.15, 0.2) is 24.3 Å². The molecule has 1 saturated heterocycles. The molecule has 1 aromatic rings. The van der Waals surface area contributed by atoms with Crippen LogP contribution in [-0.4, -0.2) is 42.4 Å². The molecular formula is C19H33FN2O2S. The lowest BCUT2D eigenvalue weighted by atomic mass is 10.2. The maximum atomic E-state index is 12.5. The Kier molecular flexibility index (Phi) is 13.2. The van der Waals surface area contributed by atoms with Crippen molar-refractivity contribution < 1.29 is 13.9 Å². The molecule has 1 aliphatic heterocycles. The van der Waals surface area contributed by atoms with Crippen molar-refractivity contribution in [2.24, 2.45) is 5.92 Å². The van der Waals surface area contributed by atoms with Crippen LogP contribution < -0.4 is 4.72 Å². The van der Waals surface area contributed by atoms with Gasteiger partial charge >= 0.3 is 0 Å². The molecule has 1 aliphatic rings. The number of carbonyl (C=O) groups excluding carboxylic acids is 1. The number of amides is 1. The fraction of sp³-hybridized carbons (Fsp3) is 0.632. The summed E-state index contributed by atoms with van der Waals surface area (Å²) >= 11 is 1.62.